The van der Waals surface area contributed by atoms with Crippen molar-refractivity contribution in [1.82, 2.24) is 10.3 Å². The molecule has 2 aromatic heterocycles. The van der Waals surface area contributed by atoms with Crippen LogP contribution in [0.2, 0.25) is 0 Å². The molecule has 19 heavy (non-hydrogen) atoms. The minimum absolute atomic E-state index is 0.357. The molecule has 6 heteroatoms. The van der Waals surface area contributed by atoms with E-state index < -0.39 is 0 Å². The number of halogens is 1. The minimum Gasteiger partial charge on any atom is -0.346 e. The van der Waals surface area contributed by atoms with E-state index in [1.807, 2.05) is 7.05 Å². The molecule has 0 amide bonds. The zero-order chi connectivity index (χ0) is 14.0. The van der Waals surface area contributed by atoms with E-state index in [-0.39, 0.29) is 0 Å². The number of aryl methyl sites for hydroxylation is 1. The number of nitrogens with one attached hydrogen (secondary N) is 1. The van der Waals surface area contributed by atoms with E-state index in [1.54, 1.807) is 22.7 Å². The third-order valence-electron chi connectivity index (χ3n) is 2.99. The number of anilines is 1. The van der Waals surface area contributed by atoms with Crippen molar-refractivity contribution in [3.05, 3.63) is 31.4 Å². The molecule has 104 valence electrons. The summed E-state index contributed by atoms with van der Waals surface area (Å²) in [6.45, 7) is 5.15. The molecule has 0 fully saturated rings. The first-order valence-corrected chi connectivity index (χ1v) is 8.58. The number of rotatable bonds is 5. The van der Waals surface area contributed by atoms with Crippen molar-refractivity contribution < 1.29 is 0 Å². The van der Waals surface area contributed by atoms with Gasteiger partial charge in [0.05, 0.1) is 12.2 Å². The second-order valence-electron chi connectivity index (χ2n) is 4.54. The summed E-state index contributed by atoms with van der Waals surface area (Å²) >= 11 is 7.03. The van der Waals surface area contributed by atoms with E-state index >= 15 is 0 Å². The van der Waals surface area contributed by atoms with E-state index in [0.29, 0.717) is 6.04 Å². The molecule has 0 radical (unpaired) electrons. The number of thiophene rings is 1. The monoisotopic (exact) mass is 359 g/mol. The highest BCUT2D eigenvalue weighted by atomic mass is 79.9. The molecule has 0 aliphatic heterocycles. The van der Waals surface area contributed by atoms with Crippen LogP contribution in [-0.4, -0.2) is 19.1 Å². The van der Waals surface area contributed by atoms with Crippen LogP contribution in [0.15, 0.2) is 15.9 Å². The Labute approximate surface area is 130 Å². The van der Waals surface area contributed by atoms with Crippen LogP contribution in [0.3, 0.4) is 0 Å². The standard InChI is InChI=1S/C13H18BrN3S2/c1-8(15-3)12-9(2)16-13(19-12)17(4)6-11-5-10(14)7-18-11/h5,7-8,15H,6H2,1-4H3. The van der Waals surface area contributed by atoms with Crippen molar-refractivity contribution in [2.45, 2.75) is 26.4 Å². The highest BCUT2D eigenvalue weighted by Crippen LogP contribution is 2.31. The molecule has 0 aliphatic carbocycles. The normalized spacial score (nSPS) is 12.7. The maximum Gasteiger partial charge on any atom is 0.185 e. The molecule has 0 saturated carbocycles. The fourth-order valence-corrected chi connectivity index (χ4v) is 4.42. The Kier molecular flexibility index (Phi) is 5.00. The van der Waals surface area contributed by atoms with Gasteiger partial charge >= 0.3 is 0 Å². The number of hydrogen-bond acceptors (Lipinski definition) is 5. The Morgan fingerprint density at radius 2 is 2.26 bits per heavy atom. The molecule has 2 heterocycles. The summed E-state index contributed by atoms with van der Waals surface area (Å²) in [5, 5.41) is 6.47. The van der Waals surface area contributed by atoms with Crippen molar-refractivity contribution in [3.63, 3.8) is 0 Å². The maximum atomic E-state index is 4.68. The Morgan fingerprint density at radius 3 is 2.84 bits per heavy atom. The van der Waals surface area contributed by atoms with Crippen molar-refractivity contribution in [2.24, 2.45) is 0 Å². The molecule has 1 atom stereocenters. The van der Waals surface area contributed by atoms with Gasteiger partial charge in [-0.05, 0) is 42.9 Å². The second-order valence-corrected chi connectivity index (χ2v) is 7.46. The molecule has 0 aliphatic rings. The number of hydrogen-bond donors (Lipinski definition) is 1. The van der Waals surface area contributed by atoms with Gasteiger partial charge in [0, 0.05) is 32.7 Å². The first-order valence-electron chi connectivity index (χ1n) is 6.10. The Morgan fingerprint density at radius 1 is 1.53 bits per heavy atom. The van der Waals surface area contributed by atoms with Gasteiger partial charge in [-0.25, -0.2) is 4.98 Å². The van der Waals surface area contributed by atoms with Crippen LogP contribution in [0.4, 0.5) is 5.13 Å². The lowest BCUT2D eigenvalue weighted by Crippen LogP contribution is -2.15. The second kappa shape index (κ2) is 6.35. The van der Waals surface area contributed by atoms with Gasteiger partial charge in [-0.15, -0.1) is 22.7 Å². The average Bonchev–Trinajstić information content (AvgIpc) is 2.95. The molecule has 0 bridgehead atoms. The summed E-state index contributed by atoms with van der Waals surface area (Å²) < 4.78 is 1.15. The molecule has 1 N–H and O–H groups in total. The lowest BCUT2D eigenvalue weighted by Gasteiger charge is -2.14. The molecule has 1 unspecified atom stereocenters. The highest BCUT2D eigenvalue weighted by molar-refractivity contribution is 9.10. The minimum atomic E-state index is 0.357. The highest BCUT2D eigenvalue weighted by Gasteiger charge is 2.15. The largest absolute Gasteiger partial charge is 0.346 e. The van der Waals surface area contributed by atoms with Gasteiger partial charge in [-0.2, -0.15) is 0 Å². The molecule has 3 nitrogen and oxygen atoms in total. The third-order valence-corrected chi connectivity index (χ3v) is 6.13. The zero-order valence-corrected chi connectivity index (χ0v) is 14.7. The van der Waals surface area contributed by atoms with Crippen molar-refractivity contribution in [3.8, 4) is 0 Å². The topological polar surface area (TPSA) is 28.2 Å². The average molecular weight is 360 g/mol. The fraction of sp³-hybridized carbons (Fsp3) is 0.462. The fourth-order valence-electron chi connectivity index (χ4n) is 1.83. The van der Waals surface area contributed by atoms with Crippen LogP contribution >= 0.6 is 38.6 Å². The molecular formula is C13H18BrN3S2. The van der Waals surface area contributed by atoms with Gasteiger partial charge in [0.25, 0.3) is 0 Å². The lowest BCUT2D eigenvalue weighted by molar-refractivity contribution is 0.658. The van der Waals surface area contributed by atoms with E-state index in [9.17, 15) is 0 Å². The quantitative estimate of drug-likeness (QED) is 0.867. The number of thiazole rings is 1. The lowest BCUT2D eigenvalue weighted by atomic mass is 10.2. The molecule has 2 aromatic rings. The first-order chi connectivity index (χ1) is 9.01. The Hall–Kier alpha value is -0.430. The van der Waals surface area contributed by atoms with E-state index in [4.69, 9.17) is 0 Å². The Bertz CT molecular complexity index is 550. The molecule has 0 saturated heterocycles. The molecule has 2 rings (SSSR count). The van der Waals surface area contributed by atoms with Crippen LogP contribution in [0, 0.1) is 6.92 Å². The summed E-state index contributed by atoms with van der Waals surface area (Å²) in [5.41, 5.74) is 1.13. The molecule has 0 spiro atoms. The van der Waals surface area contributed by atoms with Gasteiger partial charge in [-0.3, -0.25) is 0 Å². The predicted octanol–water partition coefficient (Wildman–Crippen LogP) is 4.19. The van der Waals surface area contributed by atoms with Gasteiger partial charge in [0.2, 0.25) is 0 Å². The smallest absolute Gasteiger partial charge is 0.185 e. The predicted molar refractivity (Wildman–Crippen MR) is 88.5 cm³/mol. The first kappa shape index (κ1) is 15.0. The summed E-state index contributed by atoms with van der Waals surface area (Å²) in [5.74, 6) is 0. The van der Waals surface area contributed by atoms with Gasteiger partial charge in [-0.1, -0.05) is 0 Å². The van der Waals surface area contributed by atoms with Crippen molar-refractivity contribution in [2.75, 3.05) is 19.0 Å². The maximum absolute atomic E-state index is 4.68. The summed E-state index contributed by atoms with van der Waals surface area (Å²) in [4.78, 5) is 9.54. The molecule has 0 aromatic carbocycles. The molecular weight excluding hydrogens is 342 g/mol. The van der Waals surface area contributed by atoms with Gasteiger partial charge in [0.1, 0.15) is 0 Å². The Balaban J connectivity index is 2.13. The van der Waals surface area contributed by atoms with Crippen molar-refractivity contribution in [1.29, 1.82) is 0 Å². The number of nitrogens with zero attached hydrogens (tertiary/aromatic N) is 2. The summed E-state index contributed by atoms with van der Waals surface area (Å²) in [7, 11) is 4.08. The van der Waals surface area contributed by atoms with Crippen molar-refractivity contribution >= 4 is 43.7 Å². The van der Waals surface area contributed by atoms with Crippen LogP contribution in [-0.2, 0) is 6.54 Å². The summed E-state index contributed by atoms with van der Waals surface area (Å²) in [6.07, 6.45) is 0. The summed E-state index contributed by atoms with van der Waals surface area (Å²) in [6, 6.07) is 2.52. The van der Waals surface area contributed by atoms with E-state index in [0.717, 1.165) is 21.8 Å². The van der Waals surface area contributed by atoms with Crippen LogP contribution in [0.5, 0.6) is 0 Å². The number of aromatic nitrogens is 1. The van der Waals surface area contributed by atoms with Gasteiger partial charge < -0.3 is 10.2 Å². The van der Waals surface area contributed by atoms with Crippen LogP contribution in [0.25, 0.3) is 0 Å². The van der Waals surface area contributed by atoms with Gasteiger partial charge in [0.15, 0.2) is 5.13 Å². The van der Waals surface area contributed by atoms with Crippen LogP contribution in [0.1, 0.15) is 28.4 Å². The third kappa shape index (κ3) is 3.56. The SMILES string of the molecule is CNC(C)c1sc(N(C)Cc2cc(Br)cs2)nc1C. The van der Waals surface area contributed by atoms with E-state index in [1.165, 1.54) is 9.75 Å². The van der Waals surface area contributed by atoms with Crippen LogP contribution < -0.4 is 10.2 Å². The zero-order valence-electron chi connectivity index (χ0n) is 11.5. The van der Waals surface area contributed by atoms with E-state index in [2.05, 4.69) is 63.5 Å².